The standard InChI is InChI=1S/C36H65N3O9/c1-21-18-36(9,45-14)30(48-31-28(40)26(37(10)11)15-22(2)47-31)23(3)29(41)35(7,8)32(42)46-20-27(38(12)19-21)24-16-25(17-24)39(33(43)44-13)34(4,5)6/h21-28,30-31,40H,15-20H2,1-14H3/t21-,22-,23+,24?,25?,26+,27+,28-,30-,31+,36-/m1/s1. The van der Waals surface area contributed by atoms with E-state index in [1.807, 2.05) is 60.7 Å². The zero-order chi connectivity index (χ0) is 36.5. The van der Waals surface area contributed by atoms with Gasteiger partial charge in [-0.2, -0.15) is 0 Å². The number of rotatable bonds is 6. The van der Waals surface area contributed by atoms with E-state index in [0.29, 0.717) is 19.4 Å². The lowest BCUT2D eigenvalue weighted by atomic mass is 9.73. The Balaban J connectivity index is 1.94. The highest BCUT2D eigenvalue weighted by atomic mass is 16.7. The molecule has 0 spiro atoms. The molecule has 1 amide bonds. The highest BCUT2D eigenvalue weighted by molar-refractivity contribution is 6.04. The maximum Gasteiger partial charge on any atom is 0.410 e. The molecule has 1 N–H and O–H groups in total. The maximum atomic E-state index is 14.3. The molecular weight excluding hydrogens is 618 g/mol. The van der Waals surface area contributed by atoms with Crippen molar-refractivity contribution in [2.45, 2.75) is 142 Å². The van der Waals surface area contributed by atoms with Crippen LogP contribution >= 0.6 is 0 Å². The maximum absolute atomic E-state index is 14.3. The molecule has 0 aromatic carbocycles. The van der Waals surface area contributed by atoms with Crippen LogP contribution in [0.1, 0.15) is 88.0 Å². The van der Waals surface area contributed by atoms with Crippen LogP contribution in [0, 0.1) is 23.2 Å². The minimum Gasteiger partial charge on any atom is -0.463 e. The molecule has 278 valence electrons. The summed E-state index contributed by atoms with van der Waals surface area (Å²) in [7, 11) is 8.88. The van der Waals surface area contributed by atoms with Crippen LogP contribution in [0.5, 0.6) is 0 Å². The number of ketones is 1. The quantitative estimate of drug-likeness (QED) is 0.323. The zero-order valence-corrected chi connectivity index (χ0v) is 32.1. The van der Waals surface area contributed by atoms with E-state index in [1.165, 1.54) is 7.11 Å². The van der Waals surface area contributed by atoms with Gasteiger partial charge < -0.3 is 38.6 Å². The molecule has 2 heterocycles. The van der Waals surface area contributed by atoms with Crippen LogP contribution in [0.2, 0.25) is 0 Å². The number of carbonyl (C=O) groups excluding carboxylic acids is 3. The molecule has 3 aliphatic rings. The molecule has 0 unspecified atom stereocenters. The molecule has 0 bridgehead atoms. The van der Waals surface area contributed by atoms with Crippen molar-refractivity contribution in [3.63, 3.8) is 0 Å². The molecule has 2 aliphatic heterocycles. The minimum atomic E-state index is -1.47. The summed E-state index contributed by atoms with van der Waals surface area (Å²) in [6, 6.07) is -0.306. The summed E-state index contributed by atoms with van der Waals surface area (Å²) < 4.78 is 30.1. The van der Waals surface area contributed by atoms with Crippen LogP contribution in [0.4, 0.5) is 4.79 Å². The lowest BCUT2D eigenvalue weighted by Crippen LogP contribution is -2.60. The molecule has 1 aliphatic carbocycles. The number of aliphatic hydroxyl groups excluding tert-OH is 1. The van der Waals surface area contributed by atoms with Gasteiger partial charge >= 0.3 is 12.1 Å². The van der Waals surface area contributed by atoms with Gasteiger partial charge in [-0.1, -0.05) is 13.8 Å². The molecule has 3 rings (SSSR count). The number of methoxy groups -OCH3 is 2. The third-order valence-corrected chi connectivity index (χ3v) is 11.1. The second-order valence-electron chi connectivity index (χ2n) is 16.7. The van der Waals surface area contributed by atoms with Crippen LogP contribution in [-0.2, 0) is 33.3 Å². The summed E-state index contributed by atoms with van der Waals surface area (Å²) in [6.45, 7) is 17.8. The minimum absolute atomic E-state index is 0.00860. The molecule has 0 aromatic rings. The molecule has 0 aromatic heterocycles. The third-order valence-electron chi connectivity index (χ3n) is 11.1. The average molecular weight is 684 g/mol. The van der Waals surface area contributed by atoms with Crippen LogP contribution in [0.3, 0.4) is 0 Å². The second kappa shape index (κ2) is 15.6. The van der Waals surface area contributed by atoms with Crippen molar-refractivity contribution in [3.8, 4) is 0 Å². The summed E-state index contributed by atoms with van der Waals surface area (Å²) >= 11 is 0. The normalized spacial score (nSPS) is 39.0. The molecule has 12 nitrogen and oxygen atoms in total. The number of hydrogen-bond acceptors (Lipinski definition) is 11. The van der Waals surface area contributed by atoms with Crippen LogP contribution < -0.4 is 0 Å². The van der Waals surface area contributed by atoms with E-state index in [4.69, 9.17) is 23.7 Å². The average Bonchev–Trinajstić information content (AvgIpc) is 2.97. The van der Waals surface area contributed by atoms with Gasteiger partial charge in [-0.05, 0) is 107 Å². The number of aliphatic hydroxyl groups is 1. The van der Waals surface area contributed by atoms with E-state index in [0.717, 1.165) is 12.8 Å². The first-order valence-electron chi connectivity index (χ1n) is 17.6. The van der Waals surface area contributed by atoms with Crippen molar-refractivity contribution in [1.29, 1.82) is 0 Å². The fourth-order valence-electron chi connectivity index (χ4n) is 8.28. The molecule has 2 saturated heterocycles. The van der Waals surface area contributed by atoms with E-state index in [1.54, 1.807) is 32.8 Å². The largest absolute Gasteiger partial charge is 0.463 e. The predicted octanol–water partition coefficient (Wildman–Crippen LogP) is 3.96. The smallest absolute Gasteiger partial charge is 0.410 e. The molecule has 12 heteroatoms. The topological polar surface area (TPSA) is 127 Å². The van der Waals surface area contributed by atoms with Gasteiger partial charge in [0, 0.05) is 43.2 Å². The Kier molecular flexibility index (Phi) is 13.2. The SMILES string of the molecule is COC(=O)N(C1CC([C@@H]2COC(=O)C(C)(C)C(=O)[C@H](C)[C@@H](O[C@@H]3O[C@H](C)C[C@H](N(C)C)[C@H]3O)[C@](C)(OC)C[C@@H](C)CN2C)C1)C(C)(C)C. The zero-order valence-electron chi connectivity index (χ0n) is 32.1. The molecule has 3 fully saturated rings. The van der Waals surface area contributed by atoms with E-state index in [-0.39, 0.29) is 54.5 Å². The Labute approximate surface area is 289 Å². The van der Waals surface area contributed by atoms with Gasteiger partial charge in [0.05, 0.1) is 24.9 Å². The summed E-state index contributed by atoms with van der Waals surface area (Å²) in [4.78, 5) is 46.7. The van der Waals surface area contributed by atoms with Crippen molar-refractivity contribution in [2.24, 2.45) is 23.2 Å². The fourth-order valence-corrected chi connectivity index (χ4v) is 8.28. The van der Waals surface area contributed by atoms with Gasteiger partial charge in [0.1, 0.15) is 18.1 Å². The Morgan fingerprint density at radius 1 is 1.04 bits per heavy atom. The molecule has 9 atom stereocenters. The van der Waals surface area contributed by atoms with E-state index < -0.39 is 46.9 Å². The van der Waals surface area contributed by atoms with Gasteiger partial charge in [-0.25, -0.2) is 4.79 Å². The first-order chi connectivity index (χ1) is 22.1. The van der Waals surface area contributed by atoms with E-state index in [9.17, 15) is 19.5 Å². The lowest BCUT2D eigenvalue weighted by molar-refractivity contribution is -0.295. The van der Waals surface area contributed by atoms with Crippen molar-refractivity contribution in [3.05, 3.63) is 0 Å². The number of nitrogens with zero attached hydrogens (tertiary/aromatic N) is 3. The number of likely N-dealkylation sites (N-methyl/N-ethyl adjacent to an activating group) is 2. The van der Waals surface area contributed by atoms with Crippen LogP contribution in [0.25, 0.3) is 0 Å². The van der Waals surface area contributed by atoms with Gasteiger partial charge in [0.2, 0.25) is 0 Å². The van der Waals surface area contributed by atoms with Crippen LogP contribution in [0.15, 0.2) is 0 Å². The number of Topliss-reactive ketones (excluding diaryl/α,β-unsaturated/α-hetero) is 1. The number of amides is 1. The van der Waals surface area contributed by atoms with Gasteiger partial charge in [-0.15, -0.1) is 0 Å². The summed E-state index contributed by atoms with van der Waals surface area (Å²) in [5.74, 6) is -1.47. The Bertz CT molecular complexity index is 1120. The monoisotopic (exact) mass is 683 g/mol. The number of cyclic esters (lactones) is 1. The number of carbonyl (C=O) groups is 3. The first kappa shape index (κ1) is 40.6. The van der Waals surface area contributed by atoms with E-state index >= 15 is 0 Å². The molecule has 48 heavy (non-hydrogen) atoms. The highest BCUT2D eigenvalue weighted by Crippen LogP contribution is 2.42. The first-order valence-corrected chi connectivity index (χ1v) is 17.6. The number of hydrogen-bond donors (Lipinski definition) is 1. The number of ether oxygens (including phenoxy) is 5. The molecular formula is C36H65N3O9. The predicted molar refractivity (Wildman–Crippen MR) is 182 cm³/mol. The summed E-state index contributed by atoms with van der Waals surface area (Å²) in [5.41, 5.74) is -2.85. The molecule has 0 radical (unpaired) electrons. The van der Waals surface area contributed by atoms with Gasteiger partial charge in [-0.3, -0.25) is 14.5 Å². The highest BCUT2D eigenvalue weighted by Gasteiger charge is 2.52. The van der Waals surface area contributed by atoms with Crippen molar-refractivity contribution in [1.82, 2.24) is 14.7 Å². The van der Waals surface area contributed by atoms with Crippen molar-refractivity contribution in [2.75, 3.05) is 48.5 Å². The van der Waals surface area contributed by atoms with Crippen molar-refractivity contribution >= 4 is 17.8 Å². The Morgan fingerprint density at radius 2 is 1.65 bits per heavy atom. The second-order valence-corrected chi connectivity index (χ2v) is 16.7. The molecule has 1 saturated carbocycles. The third kappa shape index (κ3) is 8.72. The van der Waals surface area contributed by atoms with E-state index in [2.05, 4.69) is 11.8 Å². The lowest BCUT2D eigenvalue weighted by Gasteiger charge is -2.51. The fraction of sp³-hybridized carbons (Fsp3) is 0.917. The van der Waals surface area contributed by atoms with Gasteiger partial charge in [0.25, 0.3) is 0 Å². The van der Waals surface area contributed by atoms with Gasteiger partial charge in [0.15, 0.2) is 12.1 Å². The summed E-state index contributed by atoms with van der Waals surface area (Å²) in [5, 5.41) is 11.3. The number of esters is 1. The Hall–Kier alpha value is -1.83. The Morgan fingerprint density at radius 3 is 2.17 bits per heavy atom. The van der Waals surface area contributed by atoms with Crippen molar-refractivity contribution < 1.29 is 43.2 Å². The summed E-state index contributed by atoms with van der Waals surface area (Å²) in [6.07, 6.45) is -0.643. The van der Waals surface area contributed by atoms with Crippen LogP contribution in [-0.4, -0.2) is 140 Å².